The Morgan fingerprint density at radius 1 is 1.47 bits per heavy atom. The van der Waals surface area contributed by atoms with Crippen molar-refractivity contribution >= 4 is 9.84 Å². The molecule has 1 aliphatic heterocycles. The van der Waals surface area contributed by atoms with Gasteiger partial charge in [0, 0.05) is 5.69 Å². The van der Waals surface area contributed by atoms with Crippen LogP contribution >= 0.6 is 0 Å². The van der Waals surface area contributed by atoms with Crippen molar-refractivity contribution in [2.24, 2.45) is 0 Å². The average Bonchev–Trinajstić information content (AvgIpc) is 2.54. The van der Waals surface area contributed by atoms with Gasteiger partial charge in [-0.05, 0) is 33.3 Å². The fourth-order valence-electron chi connectivity index (χ4n) is 2.34. The van der Waals surface area contributed by atoms with Crippen LogP contribution < -0.4 is 0 Å². The third-order valence-corrected chi connectivity index (χ3v) is 4.89. The smallest absolute Gasteiger partial charge is 0.152 e. The van der Waals surface area contributed by atoms with Gasteiger partial charge >= 0.3 is 0 Å². The molecule has 84 valence electrons. The van der Waals surface area contributed by atoms with Crippen LogP contribution in [0.15, 0.2) is 6.07 Å². The zero-order valence-electron chi connectivity index (χ0n) is 9.32. The molecule has 1 aromatic rings. The molecule has 0 radical (unpaired) electrons. The molecule has 0 aromatic carbocycles. The summed E-state index contributed by atoms with van der Waals surface area (Å²) in [7, 11) is -2.87. The van der Waals surface area contributed by atoms with Crippen LogP contribution in [0.2, 0.25) is 0 Å². The van der Waals surface area contributed by atoms with E-state index in [4.69, 9.17) is 0 Å². The van der Waals surface area contributed by atoms with Crippen molar-refractivity contribution in [2.75, 3.05) is 11.5 Å². The number of aromatic nitrogens is 2. The van der Waals surface area contributed by atoms with E-state index in [0.717, 1.165) is 11.4 Å². The van der Waals surface area contributed by atoms with E-state index in [1.807, 2.05) is 31.5 Å². The molecule has 1 unspecified atom stereocenters. The molecule has 0 spiro atoms. The molecule has 1 aromatic heterocycles. The van der Waals surface area contributed by atoms with Crippen molar-refractivity contribution in [3.8, 4) is 0 Å². The van der Waals surface area contributed by atoms with Gasteiger partial charge in [0.25, 0.3) is 0 Å². The van der Waals surface area contributed by atoms with Crippen LogP contribution in [0, 0.1) is 13.8 Å². The summed E-state index contributed by atoms with van der Waals surface area (Å²) in [6, 6.07) is 1.98. The lowest BCUT2D eigenvalue weighted by atomic mass is 10.0. The topological polar surface area (TPSA) is 52.0 Å². The summed E-state index contributed by atoms with van der Waals surface area (Å²) >= 11 is 0. The van der Waals surface area contributed by atoms with Crippen molar-refractivity contribution in [2.45, 2.75) is 32.7 Å². The molecule has 0 saturated carbocycles. The highest BCUT2D eigenvalue weighted by molar-refractivity contribution is 7.91. The van der Waals surface area contributed by atoms with Crippen molar-refractivity contribution in [1.82, 2.24) is 9.78 Å². The lowest BCUT2D eigenvalue weighted by Crippen LogP contribution is -2.33. The number of aryl methyl sites for hydroxylation is 2. The van der Waals surface area contributed by atoms with Gasteiger partial charge in [-0.3, -0.25) is 4.68 Å². The summed E-state index contributed by atoms with van der Waals surface area (Å²) in [6.07, 6.45) is 0.664. The van der Waals surface area contributed by atoms with Gasteiger partial charge in [-0.2, -0.15) is 5.10 Å². The third-order valence-electron chi connectivity index (χ3n) is 3.00. The Balaban J connectivity index is 2.44. The van der Waals surface area contributed by atoms with Gasteiger partial charge in [0.1, 0.15) is 0 Å². The van der Waals surface area contributed by atoms with Crippen LogP contribution in [0.3, 0.4) is 0 Å². The largest absolute Gasteiger partial charge is 0.263 e. The summed E-state index contributed by atoms with van der Waals surface area (Å²) in [6.45, 7) is 5.86. The summed E-state index contributed by atoms with van der Waals surface area (Å²) in [5, 5.41) is 4.38. The Morgan fingerprint density at radius 2 is 2.13 bits per heavy atom. The summed E-state index contributed by atoms with van der Waals surface area (Å²) in [5.74, 6) is 0.490. The second-order valence-electron chi connectivity index (χ2n) is 4.68. The van der Waals surface area contributed by atoms with Crippen molar-refractivity contribution < 1.29 is 8.42 Å². The van der Waals surface area contributed by atoms with Gasteiger partial charge in [0.2, 0.25) is 0 Å². The monoisotopic (exact) mass is 228 g/mol. The number of nitrogens with zero attached hydrogens (tertiary/aromatic N) is 2. The summed E-state index contributed by atoms with van der Waals surface area (Å²) in [5.41, 5.74) is 1.63. The molecule has 1 saturated heterocycles. The van der Waals surface area contributed by atoms with Gasteiger partial charge < -0.3 is 0 Å². The highest BCUT2D eigenvalue weighted by atomic mass is 32.2. The molecule has 0 amide bonds. The molecule has 1 atom stereocenters. The predicted octanol–water partition coefficient (Wildman–Crippen LogP) is 1.03. The minimum Gasteiger partial charge on any atom is -0.263 e. The van der Waals surface area contributed by atoms with E-state index in [-0.39, 0.29) is 17.0 Å². The normalized spacial score (nSPS) is 29.5. The zero-order chi connectivity index (χ0) is 11.3. The second kappa shape index (κ2) is 3.07. The van der Waals surface area contributed by atoms with E-state index in [9.17, 15) is 8.42 Å². The minimum absolute atomic E-state index is 0.210. The van der Waals surface area contributed by atoms with Crippen LogP contribution in [-0.4, -0.2) is 29.7 Å². The van der Waals surface area contributed by atoms with Gasteiger partial charge in [-0.25, -0.2) is 8.42 Å². The molecule has 1 aliphatic rings. The van der Waals surface area contributed by atoms with Crippen LogP contribution in [0.1, 0.15) is 24.7 Å². The molecular weight excluding hydrogens is 212 g/mol. The maximum atomic E-state index is 11.5. The van der Waals surface area contributed by atoms with Crippen LogP contribution in [-0.2, 0) is 15.4 Å². The highest BCUT2D eigenvalue weighted by Crippen LogP contribution is 2.31. The van der Waals surface area contributed by atoms with Crippen LogP contribution in [0.4, 0.5) is 0 Å². The maximum absolute atomic E-state index is 11.5. The first-order valence-corrected chi connectivity index (χ1v) is 6.89. The third kappa shape index (κ3) is 1.80. The first kappa shape index (κ1) is 10.7. The minimum atomic E-state index is -2.87. The Labute approximate surface area is 90.2 Å². The predicted molar refractivity (Wildman–Crippen MR) is 58.6 cm³/mol. The van der Waals surface area contributed by atoms with Gasteiger partial charge in [0.05, 0.1) is 22.7 Å². The SMILES string of the molecule is Cc1cc(C)n(C2(C)CCS(=O)(=O)C2)n1. The molecule has 0 N–H and O–H groups in total. The first-order valence-electron chi connectivity index (χ1n) is 5.07. The van der Waals surface area contributed by atoms with E-state index in [1.165, 1.54) is 0 Å². The van der Waals surface area contributed by atoms with E-state index in [1.54, 1.807) is 0 Å². The number of hydrogen-bond donors (Lipinski definition) is 0. The number of sulfone groups is 1. The Kier molecular flexibility index (Phi) is 2.19. The molecule has 1 fully saturated rings. The zero-order valence-corrected chi connectivity index (χ0v) is 10.1. The summed E-state index contributed by atoms with van der Waals surface area (Å²) < 4.78 is 24.9. The number of hydrogen-bond acceptors (Lipinski definition) is 3. The standard InChI is InChI=1S/C10H16N2O2S/c1-8-6-9(2)12(11-8)10(3)4-5-15(13,14)7-10/h6H,4-5,7H2,1-3H3. The quantitative estimate of drug-likeness (QED) is 0.721. The molecule has 15 heavy (non-hydrogen) atoms. The maximum Gasteiger partial charge on any atom is 0.152 e. The van der Waals surface area contributed by atoms with Crippen LogP contribution in [0.25, 0.3) is 0 Å². The van der Waals surface area contributed by atoms with Gasteiger partial charge in [0.15, 0.2) is 9.84 Å². The molecule has 0 bridgehead atoms. The Morgan fingerprint density at radius 3 is 2.53 bits per heavy atom. The molecule has 5 heteroatoms. The summed E-state index contributed by atoms with van der Waals surface area (Å²) in [4.78, 5) is 0. The van der Waals surface area contributed by atoms with E-state index >= 15 is 0 Å². The molecular formula is C10H16N2O2S. The van der Waals surface area contributed by atoms with E-state index in [0.29, 0.717) is 6.42 Å². The van der Waals surface area contributed by atoms with E-state index < -0.39 is 9.84 Å². The molecule has 4 nitrogen and oxygen atoms in total. The average molecular weight is 228 g/mol. The van der Waals surface area contributed by atoms with Crippen LogP contribution in [0.5, 0.6) is 0 Å². The molecule has 0 aliphatic carbocycles. The Hall–Kier alpha value is -0.840. The lowest BCUT2D eigenvalue weighted by Gasteiger charge is -2.24. The van der Waals surface area contributed by atoms with Crippen molar-refractivity contribution in [3.05, 3.63) is 17.5 Å². The molecule has 2 rings (SSSR count). The lowest BCUT2D eigenvalue weighted by molar-refractivity contribution is 0.320. The Bertz CT molecular complexity index is 490. The highest BCUT2D eigenvalue weighted by Gasteiger charge is 2.41. The fourth-order valence-corrected chi connectivity index (χ4v) is 4.45. The first-order chi connectivity index (χ1) is 6.82. The second-order valence-corrected chi connectivity index (χ2v) is 6.86. The van der Waals surface area contributed by atoms with E-state index in [2.05, 4.69) is 5.10 Å². The number of rotatable bonds is 1. The molecule has 2 heterocycles. The van der Waals surface area contributed by atoms with Gasteiger partial charge in [-0.1, -0.05) is 0 Å². The van der Waals surface area contributed by atoms with Crippen molar-refractivity contribution in [3.63, 3.8) is 0 Å². The fraction of sp³-hybridized carbons (Fsp3) is 0.700. The van der Waals surface area contributed by atoms with Gasteiger partial charge in [-0.15, -0.1) is 0 Å². The van der Waals surface area contributed by atoms with Crippen molar-refractivity contribution in [1.29, 1.82) is 0 Å².